The maximum Gasteiger partial charge on any atom is 0.252 e. The molecule has 1 fully saturated rings. The molecule has 0 radical (unpaired) electrons. The zero-order valence-corrected chi connectivity index (χ0v) is 17.1. The van der Waals surface area contributed by atoms with Gasteiger partial charge in [0.15, 0.2) is 0 Å². The maximum atomic E-state index is 12.3. The lowest BCUT2D eigenvalue weighted by Gasteiger charge is -2.12. The highest BCUT2D eigenvalue weighted by atomic mass is 16.5. The van der Waals surface area contributed by atoms with Gasteiger partial charge in [-0.25, -0.2) is 19.9 Å². The molecule has 31 heavy (non-hydrogen) atoms. The molecule has 1 saturated carbocycles. The molecule has 9 nitrogen and oxygen atoms in total. The molecule has 1 aliphatic rings. The Bertz CT molecular complexity index is 977. The molecule has 3 N–H and O–H groups in total. The summed E-state index contributed by atoms with van der Waals surface area (Å²) >= 11 is 0. The first-order chi connectivity index (χ1) is 15.3. The molecule has 1 aliphatic carbocycles. The first-order valence-corrected chi connectivity index (χ1v) is 10.4. The molecular weight excluding hydrogens is 394 g/mol. The summed E-state index contributed by atoms with van der Waals surface area (Å²) in [5.41, 5.74) is 0.502. The molecule has 0 spiro atoms. The minimum atomic E-state index is -0.179. The van der Waals surface area contributed by atoms with Crippen molar-refractivity contribution in [1.82, 2.24) is 25.3 Å². The van der Waals surface area contributed by atoms with Crippen LogP contribution in [0.15, 0.2) is 55.1 Å². The zero-order chi connectivity index (χ0) is 21.3. The van der Waals surface area contributed by atoms with Gasteiger partial charge in [-0.2, -0.15) is 0 Å². The Kier molecular flexibility index (Phi) is 6.84. The van der Waals surface area contributed by atoms with Crippen molar-refractivity contribution in [2.45, 2.75) is 31.8 Å². The van der Waals surface area contributed by atoms with Gasteiger partial charge in [0.2, 0.25) is 5.88 Å². The number of carbonyl (C=O) groups excluding carboxylic acids is 1. The van der Waals surface area contributed by atoms with Crippen molar-refractivity contribution in [2.75, 3.05) is 23.7 Å². The van der Waals surface area contributed by atoms with Crippen LogP contribution in [-0.4, -0.2) is 45.0 Å². The largest absolute Gasteiger partial charge is 0.474 e. The number of amides is 1. The van der Waals surface area contributed by atoms with Crippen LogP contribution in [0.25, 0.3) is 0 Å². The van der Waals surface area contributed by atoms with E-state index in [1.54, 1.807) is 30.6 Å². The van der Waals surface area contributed by atoms with Crippen molar-refractivity contribution in [3.8, 4) is 5.88 Å². The molecule has 3 heterocycles. The third-order valence-electron chi connectivity index (χ3n) is 4.89. The summed E-state index contributed by atoms with van der Waals surface area (Å²) in [6.45, 7) is 0.953. The standard InChI is InChI=1S/C22H25N7O2/c30-22(16-8-9-21(26-14-16)31-17-5-1-2-6-17)25-12-11-24-19-13-20(28-15-27-19)29-18-7-3-4-10-23-18/h3-4,7-10,13-15,17H,1-2,5-6,11-12H2,(H,25,30)(H2,23,24,27,28,29). The van der Waals surface area contributed by atoms with E-state index in [1.807, 2.05) is 18.2 Å². The van der Waals surface area contributed by atoms with Gasteiger partial charge in [-0.15, -0.1) is 0 Å². The first-order valence-electron chi connectivity index (χ1n) is 10.4. The normalized spacial score (nSPS) is 13.5. The van der Waals surface area contributed by atoms with Crippen LogP contribution in [0, 0.1) is 0 Å². The Balaban J connectivity index is 1.20. The number of pyridine rings is 2. The third kappa shape index (κ3) is 6.11. The lowest BCUT2D eigenvalue weighted by atomic mass is 10.2. The van der Waals surface area contributed by atoms with E-state index in [0.29, 0.717) is 42.0 Å². The van der Waals surface area contributed by atoms with Crippen molar-refractivity contribution in [1.29, 1.82) is 0 Å². The number of aromatic nitrogens is 4. The van der Waals surface area contributed by atoms with E-state index < -0.39 is 0 Å². The Morgan fingerprint density at radius 3 is 2.61 bits per heavy atom. The minimum absolute atomic E-state index is 0.179. The van der Waals surface area contributed by atoms with E-state index in [-0.39, 0.29) is 12.0 Å². The van der Waals surface area contributed by atoms with Gasteiger partial charge in [0.25, 0.3) is 5.91 Å². The van der Waals surface area contributed by atoms with Crippen LogP contribution >= 0.6 is 0 Å². The number of anilines is 3. The molecule has 9 heteroatoms. The van der Waals surface area contributed by atoms with E-state index in [4.69, 9.17) is 4.74 Å². The average Bonchev–Trinajstić information content (AvgIpc) is 3.31. The number of nitrogens with one attached hydrogen (secondary N) is 3. The fraction of sp³-hybridized carbons (Fsp3) is 0.318. The van der Waals surface area contributed by atoms with Crippen LogP contribution in [0.3, 0.4) is 0 Å². The smallest absolute Gasteiger partial charge is 0.252 e. The lowest BCUT2D eigenvalue weighted by Crippen LogP contribution is -2.29. The van der Waals surface area contributed by atoms with Crippen molar-refractivity contribution >= 4 is 23.4 Å². The Morgan fingerprint density at radius 1 is 0.968 bits per heavy atom. The number of hydrogen-bond donors (Lipinski definition) is 3. The van der Waals surface area contributed by atoms with E-state index in [9.17, 15) is 4.79 Å². The van der Waals surface area contributed by atoms with Crippen LogP contribution in [0.2, 0.25) is 0 Å². The minimum Gasteiger partial charge on any atom is -0.474 e. The van der Waals surface area contributed by atoms with Crippen molar-refractivity contribution < 1.29 is 9.53 Å². The van der Waals surface area contributed by atoms with Crippen LogP contribution < -0.4 is 20.7 Å². The summed E-state index contributed by atoms with van der Waals surface area (Å²) in [5.74, 6) is 2.38. The SMILES string of the molecule is O=C(NCCNc1cc(Nc2ccccn2)ncn1)c1ccc(OC2CCCC2)nc1. The fourth-order valence-electron chi connectivity index (χ4n) is 3.32. The summed E-state index contributed by atoms with van der Waals surface area (Å²) in [7, 11) is 0. The number of carbonyl (C=O) groups is 1. The second-order valence-electron chi connectivity index (χ2n) is 7.22. The molecule has 0 bridgehead atoms. The predicted octanol–water partition coefficient (Wildman–Crippen LogP) is 3.17. The highest BCUT2D eigenvalue weighted by Gasteiger charge is 2.17. The van der Waals surface area contributed by atoms with Crippen LogP contribution in [0.5, 0.6) is 5.88 Å². The molecule has 160 valence electrons. The van der Waals surface area contributed by atoms with Gasteiger partial charge in [-0.1, -0.05) is 6.07 Å². The van der Waals surface area contributed by atoms with Gasteiger partial charge in [-0.3, -0.25) is 4.79 Å². The predicted molar refractivity (Wildman–Crippen MR) is 117 cm³/mol. The van der Waals surface area contributed by atoms with Gasteiger partial charge in [0.1, 0.15) is 29.9 Å². The molecule has 0 saturated heterocycles. The van der Waals surface area contributed by atoms with E-state index in [2.05, 4.69) is 35.9 Å². The van der Waals surface area contributed by atoms with Gasteiger partial charge < -0.3 is 20.7 Å². The van der Waals surface area contributed by atoms with Crippen LogP contribution in [0.1, 0.15) is 36.0 Å². The summed E-state index contributed by atoms with van der Waals surface area (Å²) in [6.07, 6.45) is 9.53. The number of nitrogens with zero attached hydrogens (tertiary/aromatic N) is 4. The van der Waals surface area contributed by atoms with Crippen LogP contribution in [-0.2, 0) is 0 Å². The molecule has 0 atom stereocenters. The first kappa shape index (κ1) is 20.5. The van der Waals surface area contributed by atoms with E-state index >= 15 is 0 Å². The van der Waals surface area contributed by atoms with E-state index in [0.717, 1.165) is 12.8 Å². The zero-order valence-electron chi connectivity index (χ0n) is 17.1. The molecule has 3 aromatic heterocycles. The summed E-state index contributed by atoms with van der Waals surface area (Å²) in [4.78, 5) is 29.1. The van der Waals surface area contributed by atoms with Crippen molar-refractivity contribution in [3.63, 3.8) is 0 Å². The monoisotopic (exact) mass is 419 g/mol. The van der Waals surface area contributed by atoms with Gasteiger partial charge in [0, 0.05) is 37.6 Å². The van der Waals surface area contributed by atoms with E-state index in [1.165, 1.54) is 19.2 Å². The van der Waals surface area contributed by atoms with Crippen molar-refractivity contribution in [3.05, 3.63) is 60.7 Å². The Morgan fingerprint density at radius 2 is 1.84 bits per heavy atom. The number of hydrogen-bond acceptors (Lipinski definition) is 8. The molecule has 0 aliphatic heterocycles. The molecular formula is C22H25N7O2. The van der Waals surface area contributed by atoms with Gasteiger partial charge >= 0.3 is 0 Å². The van der Waals surface area contributed by atoms with Gasteiger partial charge in [0.05, 0.1) is 5.56 Å². The van der Waals surface area contributed by atoms with Crippen molar-refractivity contribution in [2.24, 2.45) is 0 Å². The molecule has 0 aromatic carbocycles. The third-order valence-corrected chi connectivity index (χ3v) is 4.89. The number of rotatable bonds is 9. The second-order valence-corrected chi connectivity index (χ2v) is 7.22. The Labute approximate surface area is 180 Å². The number of ether oxygens (including phenoxy) is 1. The summed E-state index contributed by atoms with van der Waals surface area (Å²) in [5, 5.41) is 9.14. The molecule has 3 aromatic rings. The fourth-order valence-corrected chi connectivity index (χ4v) is 3.32. The quantitative estimate of drug-likeness (QED) is 0.453. The highest BCUT2D eigenvalue weighted by molar-refractivity contribution is 5.93. The second kappa shape index (κ2) is 10.3. The lowest BCUT2D eigenvalue weighted by molar-refractivity contribution is 0.0954. The molecule has 4 rings (SSSR count). The molecule has 1 amide bonds. The summed E-state index contributed by atoms with van der Waals surface area (Å²) < 4.78 is 5.83. The summed E-state index contributed by atoms with van der Waals surface area (Å²) in [6, 6.07) is 10.9. The van der Waals surface area contributed by atoms with Gasteiger partial charge in [-0.05, 0) is 43.9 Å². The highest BCUT2D eigenvalue weighted by Crippen LogP contribution is 2.22. The molecule has 0 unspecified atom stereocenters. The van der Waals surface area contributed by atoms with Crippen LogP contribution in [0.4, 0.5) is 17.5 Å². The topological polar surface area (TPSA) is 114 Å². The average molecular weight is 419 g/mol. The Hall–Kier alpha value is -3.75. The maximum absolute atomic E-state index is 12.3.